The van der Waals surface area contributed by atoms with Gasteiger partial charge in [-0.1, -0.05) is 12.1 Å². The summed E-state index contributed by atoms with van der Waals surface area (Å²) >= 11 is 0. The van der Waals surface area contributed by atoms with Crippen molar-refractivity contribution in [1.29, 1.82) is 0 Å². The molecule has 3 aromatic heterocycles. The zero-order valence-corrected chi connectivity index (χ0v) is 13.7. The highest BCUT2D eigenvalue weighted by molar-refractivity contribution is 5.86. The van der Waals surface area contributed by atoms with Crippen molar-refractivity contribution in [2.45, 2.75) is 6.42 Å². The average molecular weight is 334 g/mol. The van der Waals surface area contributed by atoms with Crippen LogP contribution >= 0.6 is 0 Å². The molecule has 1 fully saturated rings. The van der Waals surface area contributed by atoms with Crippen LogP contribution in [0.5, 0.6) is 0 Å². The van der Waals surface area contributed by atoms with Crippen LogP contribution in [-0.4, -0.2) is 56.3 Å². The van der Waals surface area contributed by atoms with Gasteiger partial charge in [0.1, 0.15) is 12.1 Å². The van der Waals surface area contributed by atoms with Gasteiger partial charge in [0.2, 0.25) is 5.95 Å². The lowest BCUT2D eigenvalue weighted by molar-refractivity contribution is 0.790. The Morgan fingerprint density at radius 2 is 1.84 bits per heavy atom. The lowest BCUT2D eigenvalue weighted by atomic mass is 10.3. The number of para-hydroxylation sites is 2. The molecule has 0 unspecified atom stereocenters. The van der Waals surface area contributed by atoms with E-state index in [4.69, 9.17) is 4.98 Å². The van der Waals surface area contributed by atoms with Gasteiger partial charge in [0.05, 0.1) is 22.6 Å². The normalized spacial score (nSPS) is 15.8. The number of H-pyrrole nitrogens is 2. The summed E-state index contributed by atoms with van der Waals surface area (Å²) in [6, 6.07) is 8.14. The van der Waals surface area contributed by atoms with Crippen molar-refractivity contribution < 1.29 is 0 Å². The number of imidazole rings is 1. The van der Waals surface area contributed by atoms with E-state index in [9.17, 15) is 0 Å². The van der Waals surface area contributed by atoms with Crippen molar-refractivity contribution in [3.63, 3.8) is 0 Å². The van der Waals surface area contributed by atoms with Gasteiger partial charge in [-0.3, -0.25) is 5.10 Å². The Labute approximate surface area is 143 Å². The topological polar surface area (TPSA) is 89.6 Å². The highest BCUT2D eigenvalue weighted by Crippen LogP contribution is 2.24. The second-order valence-corrected chi connectivity index (χ2v) is 6.23. The van der Waals surface area contributed by atoms with E-state index in [1.807, 2.05) is 18.2 Å². The van der Waals surface area contributed by atoms with Crippen LogP contribution in [-0.2, 0) is 0 Å². The molecule has 4 aromatic rings. The lowest BCUT2D eigenvalue weighted by Crippen LogP contribution is -2.31. The molecule has 8 heteroatoms. The number of rotatable bonds is 2. The molecule has 126 valence electrons. The van der Waals surface area contributed by atoms with E-state index < -0.39 is 0 Å². The minimum absolute atomic E-state index is 0.781. The molecular formula is C17H18N8. The Hall–Kier alpha value is -3.16. The van der Waals surface area contributed by atoms with E-state index in [1.165, 1.54) is 0 Å². The van der Waals surface area contributed by atoms with Gasteiger partial charge < -0.3 is 14.8 Å². The SMILES string of the molecule is c1ccc2[nH]c(N3CCCN(c4ncnc5[nH]ncc45)CC3)nc2c1. The van der Waals surface area contributed by atoms with Crippen LogP contribution in [0.25, 0.3) is 22.1 Å². The molecule has 0 bridgehead atoms. The van der Waals surface area contributed by atoms with Crippen LogP contribution in [0.3, 0.4) is 0 Å². The van der Waals surface area contributed by atoms with Crippen LogP contribution in [0.15, 0.2) is 36.8 Å². The van der Waals surface area contributed by atoms with Crippen LogP contribution in [0.1, 0.15) is 6.42 Å². The van der Waals surface area contributed by atoms with Crippen molar-refractivity contribution >= 4 is 33.8 Å². The molecule has 0 amide bonds. The number of hydrogen-bond acceptors (Lipinski definition) is 6. The predicted octanol–water partition coefficient (Wildman–Crippen LogP) is 1.95. The fourth-order valence-corrected chi connectivity index (χ4v) is 3.43. The maximum atomic E-state index is 4.73. The molecule has 0 aliphatic carbocycles. The summed E-state index contributed by atoms with van der Waals surface area (Å²) in [4.78, 5) is 21.5. The zero-order chi connectivity index (χ0) is 16.6. The van der Waals surface area contributed by atoms with Crippen molar-refractivity contribution in [1.82, 2.24) is 30.1 Å². The number of aromatic nitrogens is 6. The van der Waals surface area contributed by atoms with E-state index >= 15 is 0 Å². The highest BCUT2D eigenvalue weighted by Gasteiger charge is 2.20. The number of anilines is 2. The Kier molecular flexibility index (Phi) is 3.26. The molecule has 1 aliphatic heterocycles. The number of nitrogens with one attached hydrogen (secondary N) is 2. The van der Waals surface area contributed by atoms with Gasteiger partial charge in [-0.25, -0.2) is 15.0 Å². The summed E-state index contributed by atoms with van der Waals surface area (Å²) in [5.41, 5.74) is 2.87. The number of nitrogens with zero attached hydrogens (tertiary/aromatic N) is 6. The smallest absolute Gasteiger partial charge is 0.203 e. The van der Waals surface area contributed by atoms with Gasteiger partial charge in [0.25, 0.3) is 0 Å². The molecule has 5 rings (SSSR count). The van der Waals surface area contributed by atoms with Gasteiger partial charge in [-0.15, -0.1) is 0 Å². The Balaban J connectivity index is 1.40. The van der Waals surface area contributed by atoms with Crippen LogP contribution in [0.4, 0.5) is 11.8 Å². The molecule has 8 nitrogen and oxygen atoms in total. The Morgan fingerprint density at radius 3 is 2.80 bits per heavy atom. The van der Waals surface area contributed by atoms with Crippen LogP contribution < -0.4 is 9.80 Å². The van der Waals surface area contributed by atoms with Crippen molar-refractivity contribution in [2.24, 2.45) is 0 Å². The second kappa shape index (κ2) is 5.73. The molecule has 2 N–H and O–H groups in total. The van der Waals surface area contributed by atoms with Gasteiger partial charge in [-0.2, -0.15) is 5.10 Å². The van der Waals surface area contributed by atoms with Crippen molar-refractivity contribution in [2.75, 3.05) is 36.0 Å². The maximum Gasteiger partial charge on any atom is 0.203 e. The summed E-state index contributed by atoms with van der Waals surface area (Å²) in [6.45, 7) is 3.70. The molecule has 1 saturated heterocycles. The van der Waals surface area contributed by atoms with Gasteiger partial charge in [0.15, 0.2) is 5.65 Å². The van der Waals surface area contributed by atoms with Crippen molar-refractivity contribution in [3.8, 4) is 0 Å². The first-order valence-corrected chi connectivity index (χ1v) is 8.47. The summed E-state index contributed by atoms with van der Waals surface area (Å²) in [5, 5.41) is 7.97. The summed E-state index contributed by atoms with van der Waals surface area (Å²) < 4.78 is 0. The van der Waals surface area contributed by atoms with Gasteiger partial charge in [-0.05, 0) is 18.6 Å². The van der Waals surface area contributed by atoms with E-state index in [-0.39, 0.29) is 0 Å². The summed E-state index contributed by atoms with van der Waals surface area (Å²) in [5.74, 6) is 1.89. The first-order valence-electron chi connectivity index (χ1n) is 8.47. The average Bonchev–Trinajstić information content (AvgIpc) is 3.22. The molecule has 25 heavy (non-hydrogen) atoms. The monoisotopic (exact) mass is 334 g/mol. The number of aromatic amines is 2. The summed E-state index contributed by atoms with van der Waals surface area (Å²) in [6.07, 6.45) is 4.44. The van der Waals surface area contributed by atoms with E-state index in [1.54, 1.807) is 12.5 Å². The molecular weight excluding hydrogens is 316 g/mol. The first-order chi connectivity index (χ1) is 12.4. The molecule has 1 aromatic carbocycles. The van der Waals surface area contributed by atoms with E-state index in [0.29, 0.717) is 0 Å². The Morgan fingerprint density at radius 1 is 0.960 bits per heavy atom. The van der Waals surface area contributed by atoms with Gasteiger partial charge >= 0.3 is 0 Å². The number of hydrogen-bond donors (Lipinski definition) is 2. The third-order valence-corrected chi connectivity index (χ3v) is 4.70. The molecule has 1 aliphatic rings. The number of fused-ring (bicyclic) bond motifs is 2. The van der Waals surface area contributed by atoms with E-state index in [0.717, 1.165) is 66.4 Å². The van der Waals surface area contributed by atoms with Crippen LogP contribution in [0.2, 0.25) is 0 Å². The molecule has 0 atom stereocenters. The maximum absolute atomic E-state index is 4.73. The molecule has 0 spiro atoms. The fourth-order valence-electron chi connectivity index (χ4n) is 3.43. The zero-order valence-electron chi connectivity index (χ0n) is 13.7. The standard InChI is InChI=1S/C17H18N8/c1-2-5-14-13(4-1)21-17(22-14)25-7-3-6-24(8-9-25)16-12-10-20-23-15(12)18-11-19-16/h1-2,4-5,10-11H,3,6-9H2,(H,21,22)(H,18,19,20,23). The highest BCUT2D eigenvalue weighted by atomic mass is 15.3. The van der Waals surface area contributed by atoms with Gasteiger partial charge in [0, 0.05) is 26.2 Å². The fraction of sp³-hybridized carbons (Fsp3) is 0.294. The Bertz CT molecular complexity index is 987. The minimum atomic E-state index is 0.781. The predicted molar refractivity (Wildman–Crippen MR) is 96.8 cm³/mol. The number of benzene rings is 1. The van der Waals surface area contributed by atoms with Crippen LogP contribution in [0, 0.1) is 0 Å². The second-order valence-electron chi connectivity index (χ2n) is 6.23. The van der Waals surface area contributed by atoms with Crippen molar-refractivity contribution in [3.05, 3.63) is 36.8 Å². The molecule has 0 saturated carbocycles. The third kappa shape index (κ3) is 2.46. The lowest BCUT2D eigenvalue weighted by Gasteiger charge is -2.22. The van der Waals surface area contributed by atoms with E-state index in [2.05, 4.69) is 41.0 Å². The summed E-state index contributed by atoms with van der Waals surface area (Å²) in [7, 11) is 0. The molecule has 0 radical (unpaired) electrons. The largest absolute Gasteiger partial charge is 0.354 e. The quantitative estimate of drug-likeness (QED) is 0.582. The third-order valence-electron chi connectivity index (χ3n) is 4.70. The molecule has 4 heterocycles. The minimum Gasteiger partial charge on any atom is -0.354 e. The first kappa shape index (κ1) is 14.2.